The fourth-order valence-electron chi connectivity index (χ4n) is 2.40. The second-order valence-corrected chi connectivity index (χ2v) is 5.40. The molecular formula is C14H19F3N2S. The van der Waals surface area contributed by atoms with E-state index in [0.29, 0.717) is 5.69 Å². The molecule has 0 atom stereocenters. The maximum absolute atomic E-state index is 12.7. The van der Waals surface area contributed by atoms with Crippen molar-refractivity contribution in [1.82, 2.24) is 4.90 Å². The van der Waals surface area contributed by atoms with E-state index in [1.54, 1.807) is 6.07 Å². The Morgan fingerprint density at radius 3 is 2.40 bits per heavy atom. The maximum atomic E-state index is 12.7. The molecule has 1 heterocycles. The summed E-state index contributed by atoms with van der Waals surface area (Å²) in [5.74, 6) is 0.869. The average Bonchev–Trinajstić information content (AvgIpc) is 2.45. The minimum atomic E-state index is -4.27. The summed E-state index contributed by atoms with van der Waals surface area (Å²) in [5, 5.41) is 0. The normalized spacial score (nSPS) is 17.5. The van der Waals surface area contributed by atoms with Gasteiger partial charge in [-0.1, -0.05) is 6.07 Å². The van der Waals surface area contributed by atoms with Gasteiger partial charge in [-0.05, 0) is 36.9 Å². The van der Waals surface area contributed by atoms with Crippen molar-refractivity contribution >= 4 is 18.3 Å². The molecule has 1 fully saturated rings. The highest BCUT2D eigenvalue weighted by Gasteiger charge is 2.31. The molecule has 0 radical (unpaired) electrons. The molecule has 0 saturated carbocycles. The maximum Gasteiger partial charge on any atom is 0.416 e. The highest BCUT2D eigenvalue weighted by atomic mass is 32.1. The molecule has 0 amide bonds. The summed E-state index contributed by atoms with van der Waals surface area (Å²) in [5.41, 5.74) is 0.0844. The topological polar surface area (TPSA) is 6.48 Å². The van der Waals surface area contributed by atoms with Crippen molar-refractivity contribution in [3.63, 3.8) is 0 Å². The molecule has 1 aliphatic heterocycles. The van der Waals surface area contributed by atoms with Crippen LogP contribution in [0.15, 0.2) is 24.3 Å². The van der Waals surface area contributed by atoms with Gasteiger partial charge in [0.2, 0.25) is 0 Å². The summed E-state index contributed by atoms with van der Waals surface area (Å²) in [6.07, 6.45) is -3.23. The van der Waals surface area contributed by atoms with E-state index in [0.717, 1.165) is 51.0 Å². The van der Waals surface area contributed by atoms with E-state index in [4.69, 9.17) is 0 Å². The van der Waals surface area contributed by atoms with Crippen LogP contribution in [0.2, 0.25) is 0 Å². The number of anilines is 1. The SMILES string of the molecule is FC(F)(F)c1cccc(N2CCN(CCCS)CC2)c1. The minimum absolute atomic E-state index is 0.576. The Hall–Kier alpha value is -0.880. The van der Waals surface area contributed by atoms with Crippen LogP contribution in [-0.2, 0) is 6.18 Å². The van der Waals surface area contributed by atoms with Crippen molar-refractivity contribution in [2.75, 3.05) is 43.4 Å². The summed E-state index contributed by atoms with van der Waals surface area (Å²) in [7, 11) is 0. The van der Waals surface area contributed by atoms with E-state index in [9.17, 15) is 13.2 Å². The van der Waals surface area contributed by atoms with Gasteiger partial charge >= 0.3 is 6.18 Å². The zero-order valence-corrected chi connectivity index (χ0v) is 12.1. The first-order valence-electron chi connectivity index (χ1n) is 6.76. The fraction of sp³-hybridized carbons (Fsp3) is 0.571. The molecule has 0 N–H and O–H groups in total. The van der Waals surface area contributed by atoms with Crippen molar-refractivity contribution in [1.29, 1.82) is 0 Å². The van der Waals surface area contributed by atoms with Gasteiger partial charge in [-0.25, -0.2) is 0 Å². The summed E-state index contributed by atoms with van der Waals surface area (Å²) in [4.78, 5) is 4.35. The molecule has 1 saturated heterocycles. The lowest BCUT2D eigenvalue weighted by molar-refractivity contribution is -0.137. The van der Waals surface area contributed by atoms with Crippen molar-refractivity contribution in [3.05, 3.63) is 29.8 Å². The smallest absolute Gasteiger partial charge is 0.369 e. The molecule has 2 rings (SSSR count). The van der Waals surface area contributed by atoms with Crippen LogP contribution in [0.3, 0.4) is 0 Å². The largest absolute Gasteiger partial charge is 0.416 e. The van der Waals surface area contributed by atoms with Gasteiger partial charge in [0.15, 0.2) is 0 Å². The Morgan fingerprint density at radius 1 is 1.10 bits per heavy atom. The monoisotopic (exact) mass is 304 g/mol. The van der Waals surface area contributed by atoms with Gasteiger partial charge in [0, 0.05) is 31.9 Å². The summed E-state index contributed by atoms with van der Waals surface area (Å²) < 4.78 is 38.1. The van der Waals surface area contributed by atoms with E-state index in [-0.39, 0.29) is 0 Å². The van der Waals surface area contributed by atoms with Gasteiger partial charge in [0.25, 0.3) is 0 Å². The van der Waals surface area contributed by atoms with Crippen LogP contribution in [0.4, 0.5) is 18.9 Å². The average molecular weight is 304 g/mol. The van der Waals surface area contributed by atoms with Crippen molar-refractivity contribution in [2.45, 2.75) is 12.6 Å². The Morgan fingerprint density at radius 2 is 1.80 bits per heavy atom. The molecule has 1 aliphatic rings. The predicted molar refractivity (Wildman–Crippen MR) is 78.6 cm³/mol. The van der Waals surface area contributed by atoms with Crippen molar-refractivity contribution in [2.24, 2.45) is 0 Å². The summed E-state index contributed by atoms with van der Waals surface area (Å²) in [6, 6.07) is 5.58. The van der Waals surface area contributed by atoms with Crippen LogP contribution in [0.5, 0.6) is 0 Å². The number of rotatable bonds is 4. The fourth-order valence-corrected chi connectivity index (χ4v) is 2.54. The summed E-state index contributed by atoms with van der Waals surface area (Å²) in [6.45, 7) is 4.34. The Bertz CT molecular complexity index is 429. The zero-order valence-electron chi connectivity index (χ0n) is 11.2. The van der Waals surface area contributed by atoms with E-state index >= 15 is 0 Å². The van der Waals surface area contributed by atoms with Gasteiger partial charge in [-0.15, -0.1) is 0 Å². The number of thiol groups is 1. The molecular weight excluding hydrogens is 285 g/mol. The Kier molecular flexibility index (Phi) is 5.21. The molecule has 6 heteroatoms. The Balaban J connectivity index is 1.97. The number of hydrogen-bond acceptors (Lipinski definition) is 3. The second-order valence-electron chi connectivity index (χ2n) is 4.95. The zero-order chi connectivity index (χ0) is 14.6. The van der Waals surface area contributed by atoms with E-state index in [1.165, 1.54) is 12.1 Å². The molecule has 1 aromatic rings. The van der Waals surface area contributed by atoms with Crippen LogP contribution in [-0.4, -0.2) is 43.4 Å². The highest BCUT2D eigenvalue weighted by Crippen LogP contribution is 2.31. The lowest BCUT2D eigenvalue weighted by Crippen LogP contribution is -2.46. The van der Waals surface area contributed by atoms with Crippen molar-refractivity contribution < 1.29 is 13.2 Å². The lowest BCUT2D eigenvalue weighted by Gasteiger charge is -2.36. The quantitative estimate of drug-likeness (QED) is 0.854. The van der Waals surface area contributed by atoms with Gasteiger partial charge in [-0.2, -0.15) is 25.8 Å². The molecule has 0 aromatic heterocycles. The summed E-state index contributed by atoms with van der Waals surface area (Å²) >= 11 is 4.19. The molecule has 20 heavy (non-hydrogen) atoms. The van der Waals surface area contributed by atoms with E-state index in [1.807, 2.05) is 4.90 Å². The van der Waals surface area contributed by atoms with Gasteiger partial charge in [0.05, 0.1) is 5.56 Å². The van der Waals surface area contributed by atoms with Gasteiger partial charge < -0.3 is 4.90 Å². The van der Waals surface area contributed by atoms with Crippen molar-refractivity contribution in [3.8, 4) is 0 Å². The van der Waals surface area contributed by atoms with Crippen LogP contribution in [0, 0.1) is 0 Å². The van der Waals surface area contributed by atoms with Gasteiger partial charge in [0.1, 0.15) is 0 Å². The number of halogens is 3. The highest BCUT2D eigenvalue weighted by molar-refractivity contribution is 7.80. The third kappa shape index (κ3) is 4.06. The molecule has 0 spiro atoms. The lowest BCUT2D eigenvalue weighted by atomic mass is 10.1. The number of nitrogens with zero attached hydrogens (tertiary/aromatic N) is 2. The first-order chi connectivity index (χ1) is 9.50. The van der Waals surface area contributed by atoms with Crippen LogP contribution in [0.25, 0.3) is 0 Å². The molecule has 0 bridgehead atoms. The molecule has 0 unspecified atom stereocenters. The van der Waals surface area contributed by atoms with Crippen LogP contribution in [0.1, 0.15) is 12.0 Å². The first kappa shape index (κ1) is 15.5. The standard InChI is InChI=1S/C14H19F3N2S/c15-14(16,17)12-3-1-4-13(11-12)19-8-6-18(7-9-19)5-2-10-20/h1,3-4,11,20H,2,5-10H2. The van der Waals surface area contributed by atoms with Gasteiger partial charge in [-0.3, -0.25) is 4.90 Å². The number of benzene rings is 1. The Labute approximate surface area is 123 Å². The number of alkyl halides is 3. The van der Waals surface area contributed by atoms with Crippen LogP contribution < -0.4 is 4.90 Å². The minimum Gasteiger partial charge on any atom is -0.369 e. The van der Waals surface area contributed by atoms with E-state index in [2.05, 4.69) is 17.5 Å². The third-order valence-electron chi connectivity index (χ3n) is 3.54. The second kappa shape index (κ2) is 6.72. The first-order valence-corrected chi connectivity index (χ1v) is 7.39. The number of piperazine rings is 1. The van der Waals surface area contributed by atoms with Crippen LogP contribution >= 0.6 is 12.6 Å². The third-order valence-corrected chi connectivity index (χ3v) is 3.86. The molecule has 0 aliphatic carbocycles. The molecule has 112 valence electrons. The predicted octanol–water partition coefficient (Wildman–Crippen LogP) is 3.15. The van der Waals surface area contributed by atoms with E-state index < -0.39 is 11.7 Å². The number of hydrogen-bond donors (Lipinski definition) is 1. The molecule has 2 nitrogen and oxygen atoms in total. The molecule has 1 aromatic carbocycles.